The van der Waals surface area contributed by atoms with Crippen molar-refractivity contribution < 1.29 is 4.79 Å². The highest BCUT2D eigenvalue weighted by molar-refractivity contribution is 6.10. The van der Waals surface area contributed by atoms with Crippen molar-refractivity contribution in [2.45, 2.75) is 6.92 Å². The molecule has 0 unspecified atom stereocenters. The Balaban J connectivity index is 1.66. The molecule has 4 rings (SSSR count). The number of para-hydroxylation sites is 2. The maximum Gasteiger partial charge on any atom is 0.267 e. The summed E-state index contributed by atoms with van der Waals surface area (Å²) in [5.74, 6) is 0.0265. The lowest BCUT2D eigenvalue weighted by Crippen LogP contribution is -2.16. The molecule has 0 aliphatic carbocycles. The van der Waals surface area contributed by atoms with E-state index in [0.29, 0.717) is 5.82 Å². The summed E-state index contributed by atoms with van der Waals surface area (Å²) >= 11 is 0. The third-order valence-electron chi connectivity index (χ3n) is 4.36. The van der Waals surface area contributed by atoms with Crippen LogP contribution in [0.1, 0.15) is 11.3 Å². The van der Waals surface area contributed by atoms with Gasteiger partial charge in [-0.15, -0.1) is 0 Å². The summed E-state index contributed by atoms with van der Waals surface area (Å²) in [6, 6.07) is 21.0. The molecule has 0 saturated heterocycles. The topological polar surface area (TPSA) is 86.5 Å². The molecule has 0 aliphatic rings. The van der Waals surface area contributed by atoms with E-state index in [1.54, 1.807) is 23.0 Å². The largest absolute Gasteiger partial charge is 0.361 e. The number of nitrogens with one attached hydrogen (secondary N) is 2. The third-order valence-corrected chi connectivity index (χ3v) is 4.36. The lowest BCUT2D eigenvalue weighted by Gasteiger charge is -2.08. The average molecular weight is 367 g/mol. The standard InChI is InChI=1S/C22H17N5O/c1-15-11-21(27(26-15)18-7-3-2-4-8-18)25-22(28)16(13-23)12-17-14-24-20-10-6-5-9-19(17)20/h2-12,14,24H,1H3,(H,25,28). The van der Waals surface area contributed by atoms with Crippen LogP contribution >= 0.6 is 0 Å². The van der Waals surface area contributed by atoms with Crippen LogP contribution in [0.15, 0.2) is 72.4 Å². The van der Waals surface area contributed by atoms with Gasteiger partial charge in [0, 0.05) is 28.7 Å². The number of aromatic nitrogens is 3. The minimum absolute atomic E-state index is 0.0169. The fourth-order valence-corrected chi connectivity index (χ4v) is 3.06. The lowest BCUT2D eigenvalue weighted by atomic mass is 10.1. The molecule has 0 radical (unpaired) electrons. The Morgan fingerprint density at radius 2 is 1.93 bits per heavy atom. The Morgan fingerprint density at radius 1 is 1.18 bits per heavy atom. The highest BCUT2D eigenvalue weighted by atomic mass is 16.1. The number of aryl methyl sites for hydroxylation is 1. The van der Waals surface area contributed by atoms with Crippen LogP contribution in [0.2, 0.25) is 0 Å². The first-order valence-corrected chi connectivity index (χ1v) is 8.77. The molecule has 0 saturated carbocycles. The molecule has 2 heterocycles. The van der Waals surface area contributed by atoms with Crippen molar-refractivity contribution in [1.82, 2.24) is 14.8 Å². The molecule has 2 aromatic heterocycles. The van der Waals surface area contributed by atoms with Gasteiger partial charge in [0.05, 0.1) is 11.4 Å². The second kappa shape index (κ2) is 7.25. The lowest BCUT2D eigenvalue weighted by molar-refractivity contribution is -0.112. The zero-order valence-corrected chi connectivity index (χ0v) is 15.2. The molecule has 2 N–H and O–H groups in total. The summed E-state index contributed by atoms with van der Waals surface area (Å²) in [5, 5.41) is 17.7. The van der Waals surface area contributed by atoms with Gasteiger partial charge in [0.25, 0.3) is 5.91 Å². The molecule has 0 bridgehead atoms. The summed E-state index contributed by atoms with van der Waals surface area (Å²) < 4.78 is 1.65. The molecule has 1 amide bonds. The van der Waals surface area contributed by atoms with E-state index in [2.05, 4.69) is 15.4 Å². The Bertz CT molecular complexity index is 1220. The van der Waals surface area contributed by atoms with Crippen LogP contribution in [0.3, 0.4) is 0 Å². The number of hydrogen-bond donors (Lipinski definition) is 2. The van der Waals surface area contributed by atoms with Crippen LogP contribution in [0.4, 0.5) is 5.82 Å². The normalized spacial score (nSPS) is 11.4. The molecular weight excluding hydrogens is 350 g/mol. The van der Waals surface area contributed by atoms with Gasteiger partial charge in [-0.1, -0.05) is 36.4 Å². The predicted octanol–water partition coefficient (Wildman–Crippen LogP) is 4.21. The molecule has 28 heavy (non-hydrogen) atoms. The maximum atomic E-state index is 12.7. The van der Waals surface area contributed by atoms with Crippen LogP contribution in [0.5, 0.6) is 0 Å². The van der Waals surface area contributed by atoms with E-state index in [1.165, 1.54) is 0 Å². The smallest absolute Gasteiger partial charge is 0.267 e. The van der Waals surface area contributed by atoms with Gasteiger partial charge in [0.2, 0.25) is 0 Å². The summed E-state index contributed by atoms with van der Waals surface area (Å²) in [7, 11) is 0. The number of carbonyl (C=O) groups is 1. The van der Waals surface area contributed by atoms with Crippen molar-refractivity contribution in [3.8, 4) is 11.8 Å². The zero-order valence-electron chi connectivity index (χ0n) is 15.2. The van der Waals surface area contributed by atoms with Gasteiger partial charge in [0.1, 0.15) is 17.5 Å². The minimum Gasteiger partial charge on any atom is -0.361 e. The molecule has 0 atom stereocenters. The Kier molecular flexibility index (Phi) is 4.48. The van der Waals surface area contributed by atoms with E-state index in [0.717, 1.165) is 27.8 Å². The van der Waals surface area contributed by atoms with Gasteiger partial charge in [-0.25, -0.2) is 4.68 Å². The summed E-state index contributed by atoms with van der Waals surface area (Å²) in [5.41, 5.74) is 3.34. The first-order valence-electron chi connectivity index (χ1n) is 8.77. The molecule has 2 aromatic carbocycles. The number of anilines is 1. The average Bonchev–Trinajstić information content (AvgIpc) is 3.30. The van der Waals surface area contributed by atoms with Crippen molar-refractivity contribution in [3.63, 3.8) is 0 Å². The molecule has 0 aliphatic heterocycles. The summed E-state index contributed by atoms with van der Waals surface area (Å²) in [6.07, 6.45) is 3.37. The second-order valence-corrected chi connectivity index (χ2v) is 6.33. The highest BCUT2D eigenvalue weighted by Gasteiger charge is 2.15. The van der Waals surface area contributed by atoms with Crippen molar-refractivity contribution in [2.24, 2.45) is 0 Å². The molecule has 0 spiro atoms. The highest BCUT2D eigenvalue weighted by Crippen LogP contribution is 2.21. The van der Waals surface area contributed by atoms with Crippen LogP contribution < -0.4 is 5.32 Å². The van der Waals surface area contributed by atoms with E-state index in [4.69, 9.17) is 0 Å². The van der Waals surface area contributed by atoms with Crippen molar-refractivity contribution >= 4 is 28.7 Å². The molecular formula is C22H17N5O. The van der Waals surface area contributed by atoms with Gasteiger partial charge < -0.3 is 10.3 Å². The van der Waals surface area contributed by atoms with Crippen LogP contribution in [0, 0.1) is 18.3 Å². The number of rotatable bonds is 4. The van der Waals surface area contributed by atoms with Gasteiger partial charge in [-0.3, -0.25) is 4.79 Å². The fourth-order valence-electron chi connectivity index (χ4n) is 3.06. The number of hydrogen-bond acceptors (Lipinski definition) is 3. The van der Waals surface area contributed by atoms with E-state index in [9.17, 15) is 10.1 Å². The van der Waals surface area contributed by atoms with Gasteiger partial charge in [0.15, 0.2) is 0 Å². The van der Waals surface area contributed by atoms with Crippen molar-refractivity contribution in [3.05, 3.63) is 83.7 Å². The fraction of sp³-hybridized carbons (Fsp3) is 0.0455. The van der Waals surface area contributed by atoms with Crippen LogP contribution in [-0.4, -0.2) is 20.7 Å². The molecule has 136 valence electrons. The molecule has 4 aromatic rings. The Hall–Kier alpha value is -4.11. The zero-order chi connectivity index (χ0) is 19.5. The number of H-pyrrole nitrogens is 1. The summed E-state index contributed by atoms with van der Waals surface area (Å²) in [6.45, 7) is 1.85. The van der Waals surface area contributed by atoms with Gasteiger partial charge >= 0.3 is 0 Å². The molecule has 6 heteroatoms. The quantitative estimate of drug-likeness (QED) is 0.418. The van der Waals surface area contributed by atoms with E-state index >= 15 is 0 Å². The van der Waals surface area contributed by atoms with Crippen LogP contribution in [-0.2, 0) is 4.79 Å². The van der Waals surface area contributed by atoms with E-state index in [1.807, 2.05) is 67.6 Å². The van der Waals surface area contributed by atoms with Crippen molar-refractivity contribution in [1.29, 1.82) is 5.26 Å². The minimum atomic E-state index is -0.482. The number of aromatic amines is 1. The first kappa shape index (κ1) is 17.3. The summed E-state index contributed by atoms with van der Waals surface area (Å²) in [4.78, 5) is 15.9. The van der Waals surface area contributed by atoms with Gasteiger partial charge in [-0.05, 0) is 31.2 Å². The monoisotopic (exact) mass is 367 g/mol. The number of nitriles is 1. The molecule has 0 fully saturated rings. The van der Waals surface area contributed by atoms with Crippen molar-refractivity contribution in [2.75, 3.05) is 5.32 Å². The molecule has 6 nitrogen and oxygen atoms in total. The number of fused-ring (bicyclic) bond motifs is 1. The maximum absolute atomic E-state index is 12.7. The predicted molar refractivity (Wildman–Crippen MR) is 109 cm³/mol. The second-order valence-electron chi connectivity index (χ2n) is 6.33. The number of benzene rings is 2. The van der Waals surface area contributed by atoms with E-state index in [-0.39, 0.29) is 5.57 Å². The number of carbonyl (C=O) groups excluding carboxylic acids is 1. The Morgan fingerprint density at radius 3 is 2.71 bits per heavy atom. The van der Waals surface area contributed by atoms with Gasteiger partial charge in [-0.2, -0.15) is 10.4 Å². The SMILES string of the molecule is Cc1cc(NC(=O)C(C#N)=Cc2c[nH]c3ccccc23)n(-c2ccccc2)n1. The third kappa shape index (κ3) is 3.29. The number of nitrogens with zero attached hydrogens (tertiary/aromatic N) is 3. The Labute approximate surface area is 161 Å². The van der Waals surface area contributed by atoms with E-state index < -0.39 is 5.91 Å². The van der Waals surface area contributed by atoms with Crippen LogP contribution in [0.25, 0.3) is 22.7 Å². The number of amides is 1. The first-order chi connectivity index (χ1) is 13.7.